The zero-order valence-corrected chi connectivity index (χ0v) is 23.0. The molecule has 0 saturated heterocycles. The van der Waals surface area contributed by atoms with Crippen molar-refractivity contribution in [1.29, 1.82) is 0 Å². The molecule has 0 aliphatic rings. The van der Waals surface area contributed by atoms with Crippen LogP contribution in [0.4, 0.5) is 5.69 Å². The molecule has 0 fully saturated rings. The van der Waals surface area contributed by atoms with Crippen LogP contribution >= 0.6 is 23.2 Å². The van der Waals surface area contributed by atoms with Gasteiger partial charge in [-0.3, -0.25) is 9.59 Å². The first-order chi connectivity index (χ1) is 19.3. The zero-order valence-electron chi connectivity index (χ0n) is 21.5. The highest BCUT2D eigenvalue weighted by Gasteiger charge is 2.37. The molecule has 1 atom stereocenters. The monoisotopic (exact) mass is 569 g/mol. The molecule has 0 aliphatic heterocycles. The molecule has 1 unspecified atom stereocenters. The molecule has 0 bridgehead atoms. The second-order valence-corrected chi connectivity index (χ2v) is 10.3. The average molecular weight is 570 g/mol. The molecule has 0 radical (unpaired) electrons. The molecule has 0 spiro atoms. The molecule has 200 valence electrons. The Morgan fingerprint density at radius 2 is 1.60 bits per heavy atom. The van der Waals surface area contributed by atoms with Crippen LogP contribution in [0.25, 0.3) is 0 Å². The van der Waals surface area contributed by atoms with Crippen molar-refractivity contribution in [2.75, 3.05) is 5.32 Å². The number of carbonyl (C=O) groups is 2. The summed E-state index contributed by atoms with van der Waals surface area (Å²) in [5, 5.41) is 16.2. The second-order valence-electron chi connectivity index (χ2n) is 9.42. The van der Waals surface area contributed by atoms with E-state index in [1.807, 2.05) is 30.3 Å². The highest BCUT2D eigenvalue weighted by atomic mass is 35.5. The Hall–Kier alpha value is -4.23. The molecule has 5 aromatic rings. The van der Waals surface area contributed by atoms with Crippen LogP contribution in [0.2, 0.25) is 10.0 Å². The number of carbonyl (C=O) groups excluding carboxylic acids is 2. The number of aromatic nitrogens is 2. The molecule has 0 saturated carbocycles. The number of nitrogens with one attached hydrogen (secondary N) is 1. The first kappa shape index (κ1) is 27.3. The fourth-order valence-corrected chi connectivity index (χ4v) is 5.00. The molecule has 4 aromatic carbocycles. The number of ketones is 1. The summed E-state index contributed by atoms with van der Waals surface area (Å²) in [5.74, 6) is -0.637. The van der Waals surface area contributed by atoms with Crippen molar-refractivity contribution in [3.63, 3.8) is 0 Å². The Bertz CT molecular complexity index is 1680. The number of imidazole rings is 1. The van der Waals surface area contributed by atoms with Gasteiger partial charge in [-0.1, -0.05) is 83.9 Å². The first-order valence-electron chi connectivity index (χ1n) is 12.5. The van der Waals surface area contributed by atoms with Crippen molar-refractivity contribution < 1.29 is 14.7 Å². The predicted molar refractivity (Wildman–Crippen MR) is 157 cm³/mol. The standard InChI is InChI=1S/C32H25Cl2N3O3/c1-37-20-35-19-29(37)32(40,23-10-13-25(33)14-11-23)24-12-15-28(36-30(38)16-21-6-3-2-4-7-21)27(18-24)31(39)22-8-5-9-26(34)17-22/h2-15,17-20,40H,16H2,1H3,(H,36,38). The molecule has 1 aromatic heterocycles. The summed E-state index contributed by atoms with van der Waals surface area (Å²) in [6.07, 6.45) is 3.30. The largest absolute Gasteiger partial charge is 0.374 e. The maximum Gasteiger partial charge on any atom is 0.228 e. The van der Waals surface area contributed by atoms with Crippen LogP contribution in [0.5, 0.6) is 0 Å². The summed E-state index contributed by atoms with van der Waals surface area (Å²) in [5.41, 5.74) is 1.44. The van der Waals surface area contributed by atoms with Crippen LogP contribution in [0, 0.1) is 0 Å². The van der Waals surface area contributed by atoms with Gasteiger partial charge in [0, 0.05) is 28.2 Å². The summed E-state index contributed by atoms with van der Waals surface area (Å²) in [4.78, 5) is 31.0. The Kier molecular flexibility index (Phi) is 7.85. The Morgan fingerprint density at radius 3 is 2.27 bits per heavy atom. The van der Waals surface area contributed by atoms with Crippen molar-refractivity contribution in [2.24, 2.45) is 7.05 Å². The Balaban J connectivity index is 1.64. The third kappa shape index (κ3) is 5.56. The van der Waals surface area contributed by atoms with Crippen LogP contribution < -0.4 is 5.32 Å². The smallest absolute Gasteiger partial charge is 0.228 e. The lowest BCUT2D eigenvalue weighted by molar-refractivity contribution is -0.115. The van der Waals surface area contributed by atoms with Gasteiger partial charge in [0.1, 0.15) is 0 Å². The van der Waals surface area contributed by atoms with E-state index in [-0.39, 0.29) is 23.7 Å². The van der Waals surface area contributed by atoms with E-state index in [0.29, 0.717) is 38.1 Å². The molecule has 1 amide bonds. The fraction of sp³-hybridized carbons (Fsp3) is 0.0938. The predicted octanol–water partition coefficient (Wildman–Crippen LogP) is 6.42. The number of rotatable bonds is 8. The van der Waals surface area contributed by atoms with Crippen LogP contribution in [0.3, 0.4) is 0 Å². The van der Waals surface area contributed by atoms with Crippen LogP contribution in [0.15, 0.2) is 110 Å². The first-order valence-corrected chi connectivity index (χ1v) is 13.2. The molecule has 0 aliphatic carbocycles. The SMILES string of the molecule is Cn1cncc1C(O)(c1ccc(Cl)cc1)c1ccc(NC(=O)Cc2ccccc2)c(C(=O)c2cccc(Cl)c2)c1. The van der Waals surface area contributed by atoms with Gasteiger partial charge in [-0.25, -0.2) is 4.98 Å². The minimum absolute atomic E-state index is 0.136. The minimum Gasteiger partial charge on any atom is -0.374 e. The molecule has 2 N–H and O–H groups in total. The molecule has 40 heavy (non-hydrogen) atoms. The van der Waals surface area contributed by atoms with Crippen molar-refractivity contribution in [1.82, 2.24) is 9.55 Å². The number of aryl methyl sites for hydroxylation is 1. The maximum absolute atomic E-state index is 13.8. The normalized spacial score (nSPS) is 12.5. The van der Waals surface area contributed by atoms with Gasteiger partial charge >= 0.3 is 0 Å². The average Bonchev–Trinajstić information content (AvgIpc) is 3.39. The van der Waals surface area contributed by atoms with E-state index in [0.717, 1.165) is 5.56 Å². The minimum atomic E-state index is -1.69. The van der Waals surface area contributed by atoms with Crippen LogP contribution in [0.1, 0.15) is 38.3 Å². The van der Waals surface area contributed by atoms with E-state index >= 15 is 0 Å². The van der Waals surface area contributed by atoms with Crippen molar-refractivity contribution >= 4 is 40.6 Å². The Labute approximate surface area is 241 Å². The van der Waals surface area contributed by atoms with Gasteiger partial charge < -0.3 is 15.0 Å². The zero-order chi connectivity index (χ0) is 28.3. The number of hydrogen-bond donors (Lipinski definition) is 2. The summed E-state index contributed by atoms with van der Waals surface area (Å²) in [7, 11) is 1.78. The summed E-state index contributed by atoms with van der Waals surface area (Å²) >= 11 is 12.3. The fourth-order valence-electron chi connectivity index (χ4n) is 4.69. The molecule has 6 nitrogen and oxygen atoms in total. The highest BCUT2D eigenvalue weighted by molar-refractivity contribution is 6.31. The van der Waals surface area contributed by atoms with E-state index in [9.17, 15) is 14.7 Å². The van der Waals surface area contributed by atoms with Crippen LogP contribution in [-0.4, -0.2) is 26.3 Å². The lowest BCUT2D eigenvalue weighted by Gasteiger charge is -2.30. The van der Waals surface area contributed by atoms with Gasteiger partial charge in [-0.15, -0.1) is 0 Å². The third-order valence-corrected chi connectivity index (χ3v) is 7.19. The maximum atomic E-state index is 13.8. The molecule has 5 rings (SSSR count). The molecular weight excluding hydrogens is 545 g/mol. The van der Waals surface area contributed by atoms with Crippen molar-refractivity contribution in [2.45, 2.75) is 12.0 Å². The summed E-state index contributed by atoms with van der Waals surface area (Å²) in [6.45, 7) is 0. The number of benzene rings is 4. The van der Waals surface area contributed by atoms with Gasteiger partial charge in [0.05, 0.1) is 30.3 Å². The van der Waals surface area contributed by atoms with Gasteiger partial charge in [-0.2, -0.15) is 0 Å². The number of halogens is 2. The van der Waals surface area contributed by atoms with Crippen molar-refractivity contribution in [3.05, 3.63) is 153 Å². The number of aliphatic hydroxyl groups is 1. The topological polar surface area (TPSA) is 84.2 Å². The Morgan fingerprint density at radius 1 is 0.875 bits per heavy atom. The lowest BCUT2D eigenvalue weighted by atomic mass is 9.82. The second kappa shape index (κ2) is 11.5. The van der Waals surface area contributed by atoms with E-state index in [1.165, 1.54) is 0 Å². The van der Waals surface area contributed by atoms with E-state index in [2.05, 4.69) is 10.3 Å². The molecular formula is C32H25Cl2N3O3. The number of nitrogens with zero attached hydrogens (tertiary/aromatic N) is 2. The van der Waals surface area contributed by atoms with E-state index in [1.54, 1.807) is 90.9 Å². The van der Waals surface area contributed by atoms with Crippen molar-refractivity contribution in [3.8, 4) is 0 Å². The molecule has 1 heterocycles. The summed E-state index contributed by atoms with van der Waals surface area (Å²) in [6, 6.07) is 27.7. The van der Waals surface area contributed by atoms with Gasteiger partial charge in [0.2, 0.25) is 5.91 Å². The molecule has 8 heteroatoms. The quantitative estimate of drug-likeness (QED) is 0.211. The number of anilines is 1. The number of amides is 1. The van der Waals surface area contributed by atoms with E-state index in [4.69, 9.17) is 23.2 Å². The van der Waals surface area contributed by atoms with Crippen LogP contribution in [-0.2, 0) is 23.9 Å². The van der Waals surface area contributed by atoms with Gasteiger partial charge in [0.15, 0.2) is 11.4 Å². The lowest BCUT2D eigenvalue weighted by Crippen LogP contribution is -2.31. The summed E-state index contributed by atoms with van der Waals surface area (Å²) < 4.78 is 1.71. The van der Waals surface area contributed by atoms with Gasteiger partial charge in [0.25, 0.3) is 0 Å². The van der Waals surface area contributed by atoms with Gasteiger partial charge in [-0.05, 0) is 53.1 Å². The highest BCUT2D eigenvalue weighted by Crippen LogP contribution is 2.38. The number of hydrogen-bond acceptors (Lipinski definition) is 4. The third-order valence-electron chi connectivity index (χ3n) is 6.70. The van der Waals surface area contributed by atoms with E-state index < -0.39 is 5.60 Å².